The maximum Gasteiger partial charge on any atom is 0.253 e. The number of amides is 1. The van der Waals surface area contributed by atoms with Gasteiger partial charge in [-0.2, -0.15) is 0 Å². The number of carbonyl (C=O) groups excluding carboxylic acids is 1. The van der Waals surface area contributed by atoms with E-state index in [1.54, 1.807) is 18.2 Å². The third-order valence-electron chi connectivity index (χ3n) is 4.91. The molecule has 2 heterocycles. The van der Waals surface area contributed by atoms with Crippen molar-refractivity contribution in [1.82, 2.24) is 4.90 Å². The van der Waals surface area contributed by atoms with Crippen LogP contribution in [0.15, 0.2) is 48.5 Å². The first-order valence-corrected chi connectivity index (χ1v) is 8.66. The molecule has 0 radical (unpaired) electrons. The summed E-state index contributed by atoms with van der Waals surface area (Å²) in [7, 11) is 1.87. The van der Waals surface area contributed by atoms with Crippen molar-refractivity contribution in [2.45, 2.75) is 6.42 Å². The molecule has 0 spiro atoms. The normalized spacial score (nSPS) is 18.4. The molecule has 5 heteroatoms. The number of anilines is 1. The molecule has 0 unspecified atom stereocenters. The molecule has 0 N–H and O–H groups in total. The average molecular weight is 338 g/mol. The van der Waals surface area contributed by atoms with Gasteiger partial charge in [-0.05, 0) is 42.7 Å². The summed E-state index contributed by atoms with van der Waals surface area (Å²) in [6.45, 7) is 3.01. The van der Waals surface area contributed by atoms with Crippen molar-refractivity contribution in [3.63, 3.8) is 0 Å². The Balaban J connectivity index is 1.37. The second-order valence-corrected chi connectivity index (χ2v) is 6.69. The lowest BCUT2D eigenvalue weighted by molar-refractivity contribution is 0.0776. The van der Waals surface area contributed by atoms with Crippen LogP contribution in [-0.2, 0) is 0 Å². The summed E-state index contributed by atoms with van der Waals surface area (Å²) >= 11 is 0. The molecule has 2 aliphatic heterocycles. The van der Waals surface area contributed by atoms with Gasteiger partial charge in [0.25, 0.3) is 5.91 Å². The van der Waals surface area contributed by atoms with Gasteiger partial charge in [-0.15, -0.1) is 0 Å². The van der Waals surface area contributed by atoms with Gasteiger partial charge in [0.2, 0.25) is 6.79 Å². The average Bonchev–Trinajstić information content (AvgIpc) is 3.30. The van der Waals surface area contributed by atoms with Crippen molar-refractivity contribution >= 4 is 11.6 Å². The highest BCUT2D eigenvalue weighted by molar-refractivity contribution is 5.94. The lowest BCUT2D eigenvalue weighted by atomic mass is 10.1. The van der Waals surface area contributed by atoms with Gasteiger partial charge in [-0.25, -0.2) is 0 Å². The van der Waals surface area contributed by atoms with Crippen molar-refractivity contribution in [3.05, 3.63) is 54.1 Å². The van der Waals surface area contributed by atoms with Crippen LogP contribution in [0.5, 0.6) is 11.5 Å². The quantitative estimate of drug-likeness (QED) is 0.859. The number of hydrogen-bond acceptors (Lipinski definition) is 4. The van der Waals surface area contributed by atoms with Crippen LogP contribution < -0.4 is 14.4 Å². The molecule has 1 fully saturated rings. The number of hydrogen-bond donors (Lipinski definition) is 0. The Bertz CT molecular complexity index is 763. The Labute approximate surface area is 147 Å². The van der Waals surface area contributed by atoms with Gasteiger partial charge in [0.05, 0.1) is 0 Å². The van der Waals surface area contributed by atoms with Crippen molar-refractivity contribution in [2.24, 2.45) is 5.92 Å². The number of ether oxygens (including phenoxy) is 2. The molecule has 0 aromatic heterocycles. The maximum absolute atomic E-state index is 12.7. The van der Waals surface area contributed by atoms with E-state index in [1.807, 2.05) is 18.0 Å². The highest BCUT2D eigenvalue weighted by Gasteiger charge is 2.26. The second kappa shape index (κ2) is 6.67. The van der Waals surface area contributed by atoms with Crippen molar-refractivity contribution < 1.29 is 14.3 Å². The summed E-state index contributed by atoms with van der Waals surface area (Å²) in [6.07, 6.45) is 1.10. The van der Waals surface area contributed by atoms with Crippen molar-refractivity contribution in [1.29, 1.82) is 0 Å². The number of nitrogens with zero attached hydrogens (tertiary/aromatic N) is 2. The van der Waals surface area contributed by atoms with Crippen LogP contribution in [0.2, 0.25) is 0 Å². The van der Waals surface area contributed by atoms with Crippen LogP contribution in [0.25, 0.3) is 0 Å². The third-order valence-corrected chi connectivity index (χ3v) is 4.91. The zero-order chi connectivity index (χ0) is 17.2. The van der Waals surface area contributed by atoms with E-state index in [0.29, 0.717) is 23.0 Å². The standard InChI is InChI=1S/C20H22N2O3/c1-21(20(23)16-7-8-18-19(11-16)25-14-24-18)12-15-9-10-22(13-15)17-5-3-2-4-6-17/h2-8,11,15H,9-10,12-14H2,1H3/t15-/m1/s1. The van der Waals surface area contributed by atoms with Gasteiger partial charge in [-0.3, -0.25) is 4.79 Å². The first kappa shape index (κ1) is 15.8. The number of rotatable bonds is 4. The van der Waals surface area contributed by atoms with E-state index in [1.165, 1.54) is 5.69 Å². The van der Waals surface area contributed by atoms with Gasteiger partial charge in [0.15, 0.2) is 11.5 Å². The third kappa shape index (κ3) is 3.27. The van der Waals surface area contributed by atoms with Gasteiger partial charge in [-0.1, -0.05) is 18.2 Å². The van der Waals surface area contributed by atoms with E-state index < -0.39 is 0 Å². The van der Waals surface area contributed by atoms with E-state index in [2.05, 4.69) is 29.2 Å². The molecule has 1 atom stereocenters. The zero-order valence-electron chi connectivity index (χ0n) is 14.4. The maximum atomic E-state index is 12.7. The number of carbonyl (C=O) groups is 1. The molecule has 0 bridgehead atoms. The zero-order valence-corrected chi connectivity index (χ0v) is 14.4. The summed E-state index contributed by atoms with van der Waals surface area (Å²) in [5, 5.41) is 0. The van der Waals surface area contributed by atoms with Crippen LogP contribution in [-0.4, -0.2) is 44.3 Å². The molecule has 4 rings (SSSR count). The van der Waals surface area contributed by atoms with Crippen molar-refractivity contribution in [2.75, 3.05) is 38.4 Å². The lowest BCUT2D eigenvalue weighted by Gasteiger charge is -2.23. The first-order chi connectivity index (χ1) is 12.2. The fourth-order valence-corrected chi connectivity index (χ4v) is 3.58. The van der Waals surface area contributed by atoms with Gasteiger partial charge in [0, 0.05) is 37.9 Å². The first-order valence-electron chi connectivity index (χ1n) is 8.66. The van der Waals surface area contributed by atoms with E-state index in [4.69, 9.17) is 9.47 Å². The molecule has 130 valence electrons. The molecule has 1 amide bonds. The van der Waals surface area contributed by atoms with Crippen LogP contribution in [0, 0.1) is 5.92 Å². The molecule has 1 saturated heterocycles. The molecule has 2 aliphatic rings. The Hall–Kier alpha value is -2.69. The number of fused-ring (bicyclic) bond motifs is 1. The fourth-order valence-electron chi connectivity index (χ4n) is 3.58. The molecule has 5 nitrogen and oxygen atoms in total. The molecular formula is C20H22N2O3. The van der Waals surface area contributed by atoms with Gasteiger partial charge < -0.3 is 19.3 Å². The van der Waals surface area contributed by atoms with Gasteiger partial charge in [0.1, 0.15) is 0 Å². The van der Waals surface area contributed by atoms with E-state index in [9.17, 15) is 4.79 Å². The van der Waals surface area contributed by atoms with Crippen LogP contribution in [0.1, 0.15) is 16.8 Å². The Morgan fingerprint density at radius 1 is 1.16 bits per heavy atom. The summed E-state index contributed by atoms with van der Waals surface area (Å²) in [4.78, 5) is 16.9. The van der Waals surface area contributed by atoms with Crippen LogP contribution >= 0.6 is 0 Å². The molecule has 2 aromatic rings. The minimum atomic E-state index is 0.0245. The Kier molecular flexibility index (Phi) is 4.22. The molecular weight excluding hydrogens is 316 g/mol. The highest BCUT2D eigenvalue weighted by Crippen LogP contribution is 2.33. The molecule has 0 saturated carbocycles. The predicted octanol–water partition coefficient (Wildman–Crippen LogP) is 3.01. The largest absolute Gasteiger partial charge is 0.454 e. The summed E-state index contributed by atoms with van der Waals surface area (Å²) in [5.74, 6) is 1.86. The van der Waals surface area contributed by atoms with Crippen LogP contribution in [0.3, 0.4) is 0 Å². The summed E-state index contributed by atoms with van der Waals surface area (Å²) in [6, 6.07) is 15.8. The lowest BCUT2D eigenvalue weighted by Crippen LogP contribution is -2.33. The van der Waals surface area contributed by atoms with E-state index in [0.717, 1.165) is 26.1 Å². The minimum absolute atomic E-state index is 0.0245. The van der Waals surface area contributed by atoms with Crippen LogP contribution in [0.4, 0.5) is 5.69 Å². The van der Waals surface area contributed by atoms with Gasteiger partial charge >= 0.3 is 0 Å². The topological polar surface area (TPSA) is 42.0 Å². The number of benzene rings is 2. The fraction of sp³-hybridized carbons (Fsp3) is 0.350. The molecule has 2 aromatic carbocycles. The van der Waals surface area contributed by atoms with Crippen molar-refractivity contribution in [3.8, 4) is 11.5 Å². The highest BCUT2D eigenvalue weighted by atomic mass is 16.7. The summed E-state index contributed by atoms with van der Waals surface area (Å²) in [5.41, 5.74) is 1.90. The second-order valence-electron chi connectivity index (χ2n) is 6.69. The smallest absolute Gasteiger partial charge is 0.253 e. The molecule has 0 aliphatic carbocycles. The Morgan fingerprint density at radius 3 is 2.80 bits per heavy atom. The SMILES string of the molecule is CN(C[C@H]1CCN(c2ccccc2)C1)C(=O)c1ccc2c(c1)OCO2. The van der Waals surface area contributed by atoms with E-state index in [-0.39, 0.29) is 12.7 Å². The predicted molar refractivity (Wildman–Crippen MR) is 96.3 cm³/mol. The number of para-hydroxylation sites is 1. The minimum Gasteiger partial charge on any atom is -0.454 e. The summed E-state index contributed by atoms with van der Waals surface area (Å²) < 4.78 is 10.7. The monoisotopic (exact) mass is 338 g/mol. The van der Waals surface area contributed by atoms with E-state index >= 15 is 0 Å². The molecule has 25 heavy (non-hydrogen) atoms. The Morgan fingerprint density at radius 2 is 1.96 bits per heavy atom.